The van der Waals surface area contributed by atoms with E-state index in [2.05, 4.69) is 5.32 Å². The van der Waals surface area contributed by atoms with Gasteiger partial charge in [-0.05, 0) is 25.0 Å². The lowest BCUT2D eigenvalue weighted by molar-refractivity contribution is -0.118. The largest absolute Gasteiger partial charge is 0.393 e. The fourth-order valence-electron chi connectivity index (χ4n) is 2.90. The van der Waals surface area contributed by atoms with Crippen LogP contribution >= 0.6 is 0 Å². The van der Waals surface area contributed by atoms with Crippen LogP contribution < -0.4 is 10.2 Å². The second-order valence-corrected chi connectivity index (χ2v) is 5.79. The molecule has 2 unspecified atom stereocenters. The van der Waals surface area contributed by atoms with Gasteiger partial charge in [-0.3, -0.25) is 9.59 Å². The number of nitrogens with one attached hydrogen (secondary N) is 1. The first-order valence-electron chi connectivity index (χ1n) is 7.86. The number of amides is 2. The Morgan fingerprint density at radius 3 is 2.68 bits per heavy atom. The van der Waals surface area contributed by atoms with E-state index in [1.807, 2.05) is 6.07 Å². The zero-order valence-electron chi connectivity index (χ0n) is 13.2. The molecule has 2 N–H and O–H groups in total. The number of para-hydroxylation sites is 1. The van der Waals surface area contributed by atoms with Crippen LogP contribution in [0.2, 0.25) is 0 Å². The number of carbonyl (C=O) groups is 2. The van der Waals surface area contributed by atoms with Crippen molar-refractivity contribution in [1.82, 2.24) is 5.32 Å². The molecule has 0 aliphatic heterocycles. The maximum Gasteiger partial charge on any atom is 0.253 e. The van der Waals surface area contributed by atoms with Crippen LogP contribution in [0.25, 0.3) is 0 Å². The number of aliphatic hydroxyl groups is 1. The van der Waals surface area contributed by atoms with Crippen LogP contribution in [0.1, 0.15) is 43.0 Å². The Labute approximate surface area is 131 Å². The van der Waals surface area contributed by atoms with E-state index in [1.54, 1.807) is 32.2 Å². The maximum absolute atomic E-state index is 12.4. The van der Waals surface area contributed by atoms with Gasteiger partial charge in [-0.15, -0.1) is 0 Å². The van der Waals surface area contributed by atoms with Crippen molar-refractivity contribution >= 4 is 17.5 Å². The summed E-state index contributed by atoms with van der Waals surface area (Å²) in [7, 11) is 1.68. The number of rotatable bonds is 5. The normalized spacial score (nSPS) is 20.7. The topological polar surface area (TPSA) is 69.6 Å². The van der Waals surface area contributed by atoms with Gasteiger partial charge in [-0.1, -0.05) is 25.5 Å². The minimum atomic E-state index is -0.320. The molecule has 22 heavy (non-hydrogen) atoms. The Hall–Kier alpha value is -1.88. The number of nitrogens with zero attached hydrogens (tertiary/aromatic N) is 1. The molecule has 1 fully saturated rings. The Morgan fingerprint density at radius 1 is 1.32 bits per heavy atom. The molecule has 2 amide bonds. The van der Waals surface area contributed by atoms with Crippen molar-refractivity contribution in [2.24, 2.45) is 5.92 Å². The van der Waals surface area contributed by atoms with Crippen LogP contribution in [0.15, 0.2) is 24.3 Å². The standard InChI is InChI=1S/C17H24N2O3/c1-3-16(21)19(2)14-9-5-4-8-13(14)17(22)18-11-12-7-6-10-15(12)20/h4-5,8-9,12,15,20H,3,6-7,10-11H2,1-2H3,(H,18,22). The monoisotopic (exact) mass is 304 g/mol. The third-order valence-corrected chi connectivity index (χ3v) is 4.33. The molecule has 0 radical (unpaired) electrons. The van der Waals surface area contributed by atoms with E-state index in [1.165, 1.54) is 4.90 Å². The second-order valence-electron chi connectivity index (χ2n) is 5.79. The third kappa shape index (κ3) is 3.65. The molecule has 0 heterocycles. The van der Waals surface area contributed by atoms with Crippen LogP contribution in [-0.4, -0.2) is 36.6 Å². The quantitative estimate of drug-likeness (QED) is 0.873. The van der Waals surface area contributed by atoms with Gasteiger partial charge in [0, 0.05) is 25.9 Å². The van der Waals surface area contributed by atoms with Gasteiger partial charge in [0.15, 0.2) is 0 Å². The Bertz CT molecular complexity index is 544. The molecule has 1 aliphatic rings. The molecule has 0 bridgehead atoms. The Kier molecular flexibility index (Phi) is 5.55. The molecule has 5 nitrogen and oxygen atoms in total. The number of benzene rings is 1. The molecule has 1 aliphatic carbocycles. The summed E-state index contributed by atoms with van der Waals surface area (Å²) in [6.45, 7) is 2.27. The molecule has 5 heteroatoms. The van der Waals surface area contributed by atoms with Gasteiger partial charge in [0.05, 0.1) is 17.4 Å². The van der Waals surface area contributed by atoms with Crippen LogP contribution in [0, 0.1) is 5.92 Å². The lowest BCUT2D eigenvalue weighted by atomic mass is 10.1. The van der Waals surface area contributed by atoms with Gasteiger partial charge in [0.2, 0.25) is 5.91 Å². The maximum atomic E-state index is 12.4. The Morgan fingerprint density at radius 2 is 2.05 bits per heavy atom. The predicted octanol–water partition coefficient (Wildman–Crippen LogP) is 1.95. The highest BCUT2D eigenvalue weighted by Crippen LogP contribution is 2.25. The summed E-state index contributed by atoms with van der Waals surface area (Å²) < 4.78 is 0. The third-order valence-electron chi connectivity index (χ3n) is 4.33. The van der Waals surface area contributed by atoms with Crippen molar-refractivity contribution in [3.05, 3.63) is 29.8 Å². The smallest absolute Gasteiger partial charge is 0.253 e. The summed E-state index contributed by atoms with van der Waals surface area (Å²) in [5.74, 6) is -0.108. The second kappa shape index (κ2) is 7.40. The van der Waals surface area contributed by atoms with Crippen molar-refractivity contribution in [3.8, 4) is 0 Å². The molecule has 1 aromatic rings. The predicted molar refractivity (Wildman–Crippen MR) is 85.8 cm³/mol. The fourth-order valence-corrected chi connectivity index (χ4v) is 2.90. The number of aliphatic hydroxyl groups excluding tert-OH is 1. The number of hydrogen-bond acceptors (Lipinski definition) is 3. The fraction of sp³-hybridized carbons (Fsp3) is 0.529. The minimum absolute atomic E-state index is 0.0357. The van der Waals surface area contributed by atoms with E-state index < -0.39 is 0 Å². The van der Waals surface area contributed by atoms with Crippen molar-refractivity contribution in [1.29, 1.82) is 0 Å². The van der Waals surface area contributed by atoms with Gasteiger partial charge in [-0.2, -0.15) is 0 Å². The molecule has 1 aromatic carbocycles. The van der Waals surface area contributed by atoms with Crippen LogP contribution in [0.4, 0.5) is 5.69 Å². The summed E-state index contributed by atoms with van der Waals surface area (Å²) in [6.07, 6.45) is 2.83. The molecule has 0 spiro atoms. The summed E-state index contributed by atoms with van der Waals surface area (Å²) >= 11 is 0. The van der Waals surface area contributed by atoms with Crippen LogP contribution in [0.5, 0.6) is 0 Å². The van der Waals surface area contributed by atoms with Crippen LogP contribution in [-0.2, 0) is 4.79 Å². The van der Waals surface area contributed by atoms with E-state index >= 15 is 0 Å². The van der Waals surface area contributed by atoms with E-state index in [4.69, 9.17) is 0 Å². The minimum Gasteiger partial charge on any atom is -0.393 e. The lowest BCUT2D eigenvalue weighted by Crippen LogP contribution is -2.34. The number of carbonyl (C=O) groups excluding carboxylic acids is 2. The van der Waals surface area contributed by atoms with E-state index in [0.29, 0.717) is 24.2 Å². The summed E-state index contributed by atoms with van der Waals surface area (Å²) in [5, 5.41) is 12.7. The van der Waals surface area contributed by atoms with Crippen molar-refractivity contribution < 1.29 is 14.7 Å². The van der Waals surface area contributed by atoms with E-state index in [9.17, 15) is 14.7 Å². The molecular formula is C17H24N2O3. The van der Waals surface area contributed by atoms with Crippen molar-refractivity contribution in [2.45, 2.75) is 38.7 Å². The highest BCUT2D eigenvalue weighted by molar-refractivity contribution is 6.04. The van der Waals surface area contributed by atoms with Gasteiger partial charge >= 0.3 is 0 Å². The van der Waals surface area contributed by atoms with Gasteiger partial charge < -0.3 is 15.3 Å². The van der Waals surface area contributed by atoms with Gasteiger partial charge in [0.25, 0.3) is 5.91 Å². The molecule has 120 valence electrons. The Balaban J connectivity index is 2.07. The van der Waals surface area contributed by atoms with Crippen molar-refractivity contribution in [2.75, 3.05) is 18.5 Å². The first-order chi connectivity index (χ1) is 10.5. The number of hydrogen-bond donors (Lipinski definition) is 2. The molecule has 2 atom stereocenters. The summed E-state index contributed by atoms with van der Waals surface area (Å²) in [5.41, 5.74) is 1.10. The molecular weight excluding hydrogens is 280 g/mol. The van der Waals surface area contributed by atoms with Gasteiger partial charge in [-0.25, -0.2) is 0 Å². The highest BCUT2D eigenvalue weighted by atomic mass is 16.3. The lowest BCUT2D eigenvalue weighted by Gasteiger charge is -2.21. The van der Waals surface area contributed by atoms with E-state index in [-0.39, 0.29) is 23.8 Å². The van der Waals surface area contributed by atoms with E-state index in [0.717, 1.165) is 19.3 Å². The summed E-state index contributed by atoms with van der Waals surface area (Å²) in [6, 6.07) is 7.08. The average molecular weight is 304 g/mol. The number of anilines is 1. The summed E-state index contributed by atoms with van der Waals surface area (Å²) in [4.78, 5) is 25.8. The molecule has 0 saturated heterocycles. The molecule has 2 rings (SSSR count). The first-order valence-corrected chi connectivity index (χ1v) is 7.86. The first kappa shape index (κ1) is 16.5. The average Bonchev–Trinajstić information content (AvgIpc) is 2.96. The van der Waals surface area contributed by atoms with Gasteiger partial charge in [0.1, 0.15) is 0 Å². The van der Waals surface area contributed by atoms with Crippen LogP contribution in [0.3, 0.4) is 0 Å². The molecule has 1 saturated carbocycles. The SMILES string of the molecule is CCC(=O)N(C)c1ccccc1C(=O)NCC1CCCC1O. The zero-order valence-corrected chi connectivity index (χ0v) is 13.2. The van der Waals surface area contributed by atoms with Crippen molar-refractivity contribution in [3.63, 3.8) is 0 Å². The highest BCUT2D eigenvalue weighted by Gasteiger charge is 2.26. The zero-order chi connectivity index (χ0) is 16.1. The molecule has 0 aromatic heterocycles.